The monoisotopic (exact) mass is 352 g/mol. The molecule has 4 heterocycles. The number of carbonyl (C=O) groups excluding carboxylic acids is 1. The molecule has 1 amide bonds. The Morgan fingerprint density at radius 2 is 2.08 bits per heavy atom. The van der Waals surface area contributed by atoms with Gasteiger partial charge in [-0.15, -0.1) is 0 Å². The van der Waals surface area contributed by atoms with Gasteiger partial charge >= 0.3 is 0 Å². The van der Waals surface area contributed by atoms with E-state index in [0.29, 0.717) is 18.7 Å². The van der Waals surface area contributed by atoms with Crippen LogP contribution in [-0.2, 0) is 11.3 Å². The summed E-state index contributed by atoms with van der Waals surface area (Å²) in [6, 6.07) is 9.78. The molecule has 0 bridgehead atoms. The van der Waals surface area contributed by atoms with Crippen LogP contribution >= 0.6 is 0 Å². The second kappa shape index (κ2) is 7.51. The average molecular weight is 352 g/mol. The van der Waals surface area contributed by atoms with Gasteiger partial charge in [0, 0.05) is 49.8 Å². The van der Waals surface area contributed by atoms with Gasteiger partial charge in [0.2, 0.25) is 0 Å². The molecular weight excluding hydrogens is 328 g/mol. The highest BCUT2D eigenvalue weighted by Crippen LogP contribution is 2.25. The maximum Gasteiger partial charge on any atom is 0.254 e. The van der Waals surface area contributed by atoms with Crippen molar-refractivity contribution in [2.24, 2.45) is 0 Å². The topological polar surface area (TPSA) is 58.6 Å². The number of rotatable bonds is 3. The first-order valence-electron chi connectivity index (χ1n) is 9.18. The van der Waals surface area contributed by atoms with Crippen LogP contribution in [0.4, 0.5) is 0 Å². The summed E-state index contributed by atoms with van der Waals surface area (Å²) < 4.78 is 5.97. The lowest BCUT2D eigenvalue weighted by Crippen LogP contribution is -2.61. The number of hydrogen-bond acceptors (Lipinski definition) is 5. The van der Waals surface area contributed by atoms with Crippen LogP contribution in [0.3, 0.4) is 0 Å². The summed E-state index contributed by atoms with van der Waals surface area (Å²) in [5, 5.41) is 0. The Hall–Kier alpha value is -2.31. The van der Waals surface area contributed by atoms with Crippen molar-refractivity contribution in [3.05, 3.63) is 59.7 Å². The Kier molecular flexibility index (Phi) is 4.95. The van der Waals surface area contributed by atoms with Gasteiger partial charge in [-0.25, -0.2) is 0 Å². The van der Waals surface area contributed by atoms with Crippen molar-refractivity contribution in [2.75, 3.05) is 26.2 Å². The van der Waals surface area contributed by atoms with Crippen molar-refractivity contribution in [3.63, 3.8) is 0 Å². The van der Waals surface area contributed by atoms with Crippen molar-refractivity contribution >= 4 is 5.91 Å². The first kappa shape index (κ1) is 17.1. The van der Waals surface area contributed by atoms with E-state index >= 15 is 0 Å². The summed E-state index contributed by atoms with van der Waals surface area (Å²) in [5.74, 6) is 0.0706. The molecule has 2 fully saturated rings. The van der Waals surface area contributed by atoms with Crippen LogP contribution in [0.1, 0.15) is 28.2 Å². The number of hydrogen-bond donors (Lipinski definition) is 0. The van der Waals surface area contributed by atoms with Crippen LogP contribution < -0.4 is 0 Å². The molecular formula is C20H24N4O2. The van der Waals surface area contributed by atoms with Crippen LogP contribution in [-0.4, -0.2) is 64.1 Å². The van der Waals surface area contributed by atoms with Gasteiger partial charge in [-0.2, -0.15) is 0 Å². The smallest absolute Gasteiger partial charge is 0.254 e. The molecule has 0 spiro atoms. The molecule has 6 nitrogen and oxygen atoms in total. The van der Waals surface area contributed by atoms with E-state index in [1.165, 1.54) is 0 Å². The van der Waals surface area contributed by atoms with E-state index in [4.69, 9.17) is 4.74 Å². The summed E-state index contributed by atoms with van der Waals surface area (Å²) in [7, 11) is 0. The van der Waals surface area contributed by atoms with Gasteiger partial charge in [0.1, 0.15) is 0 Å². The van der Waals surface area contributed by atoms with Crippen LogP contribution in [0, 0.1) is 6.92 Å². The zero-order valence-electron chi connectivity index (χ0n) is 15.0. The number of morpholine rings is 1. The molecule has 0 unspecified atom stereocenters. The Morgan fingerprint density at radius 3 is 2.88 bits per heavy atom. The number of amides is 1. The number of aryl methyl sites for hydroxylation is 1. The highest BCUT2D eigenvalue weighted by atomic mass is 16.5. The number of pyridine rings is 2. The molecule has 26 heavy (non-hydrogen) atoms. The van der Waals surface area contributed by atoms with Crippen molar-refractivity contribution in [3.8, 4) is 0 Å². The molecule has 136 valence electrons. The normalized spacial score (nSPS) is 23.5. The molecule has 2 aromatic rings. The fourth-order valence-electron chi connectivity index (χ4n) is 3.91. The average Bonchev–Trinajstić information content (AvgIpc) is 2.68. The third-order valence-corrected chi connectivity index (χ3v) is 5.19. The third kappa shape index (κ3) is 3.61. The van der Waals surface area contributed by atoms with Crippen LogP contribution in [0.15, 0.2) is 42.7 Å². The molecule has 2 aromatic heterocycles. The van der Waals surface area contributed by atoms with E-state index in [1.807, 2.05) is 24.0 Å². The predicted molar refractivity (Wildman–Crippen MR) is 97.7 cm³/mol. The molecule has 2 atom stereocenters. The minimum Gasteiger partial charge on any atom is -0.374 e. The molecule has 0 saturated carbocycles. The largest absolute Gasteiger partial charge is 0.374 e. The minimum atomic E-state index is 0.0706. The quantitative estimate of drug-likeness (QED) is 0.844. The molecule has 6 heteroatoms. The highest BCUT2D eigenvalue weighted by molar-refractivity contribution is 5.94. The summed E-state index contributed by atoms with van der Waals surface area (Å²) >= 11 is 0. The second-order valence-corrected chi connectivity index (χ2v) is 7.01. The van der Waals surface area contributed by atoms with E-state index in [-0.39, 0.29) is 18.1 Å². The summed E-state index contributed by atoms with van der Waals surface area (Å²) in [5.41, 5.74) is 2.80. The lowest BCUT2D eigenvalue weighted by atomic mass is 9.97. The summed E-state index contributed by atoms with van der Waals surface area (Å²) in [6.07, 6.45) is 4.40. The van der Waals surface area contributed by atoms with Gasteiger partial charge in [-0.05, 0) is 37.6 Å². The fraction of sp³-hybridized carbons (Fsp3) is 0.450. The van der Waals surface area contributed by atoms with Crippen molar-refractivity contribution < 1.29 is 9.53 Å². The highest BCUT2D eigenvalue weighted by Gasteiger charge is 2.39. The number of ether oxygens (including phenoxy) is 1. The summed E-state index contributed by atoms with van der Waals surface area (Å²) in [4.78, 5) is 26.0. The van der Waals surface area contributed by atoms with E-state index < -0.39 is 0 Å². The molecule has 0 N–H and O–H groups in total. The maximum absolute atomic E-state index is 13.0. The molecule has 0 aliphatic carbocycles. The lowest BCUT2D eigenvalue weighted by molar-refractivity contribution is -0.0915. The molecule has 0 aromatic carbocycles. The molecule has 2 saturated heterocycles. The minimum absolute atomic E-state index is 0.0706. The number of aromatic nitrogens is 2. The van der Waals surface area contributed by atoms with Crippen LogP contribution in [0.25, 0.3) is 0 Å². The predicted octanol–water partition coefficient (Wildman–Crippen LogP) is 1.90. The van der Waals surface area contributed by atoms with Crippen molar-refractivity contribution in [2.45, 2.75) is 32.0 Å². The van der Waals surface area contributed by atoms with E-state index in [1.54, 1.807) is 24.5 Å². The van der Waals surface area contributed by atoms with E-state index in [2.05, 4.69) is 20.9 Å². The first-order chi connectivity index (χ1) is 12.7. The van der Waals surface area contributed by atoms with Gasteiger partial charge in [0.05, 0.1) is 24.4 Å². The first-order valence-corrected chi connectivity index (χ1v) is 9.18. The van der Waals surface area contributed by atoms with Crippen LogP contribution in [0.2, 0.25) is 0 Å². The van der Waals surface area contributed by atoms with Crippen LogP contribution in [0.5, 0.6) is 0 Å². The van der Waals surface area contributed by atoms with Crippen molar-refractivity contribution in [1.29, 1.82) is 0 Å². The zero-order chi connectivity index (χ0) is 17.9. The number of fused-ring (bicyclic) bond motifs is 1. The van der Waals surface area contributed by atoms with Gasteiger partial charge in [-0.3, -0.25) is 19.7 Å². The number of likely N-dealkylation sites (tertiary alicyclic amines) is 1. The number of carbonyl (C=O) groups is 1. The Labute approximate surface area is 153 Å². The second-order valence-electron chi connectivity index (χ2n) is 7.01. The third-order valence-electron chi connectivity index (χ3n) is 5.19. The van der Waals surface area contributed by atoms with E-state index in [9.17, 15) is 4.79 Å². The lowest BCUT2D eigenvalue weighted by Gasteiger charge is -2.47. The Balaban J connectivity index is 1.49. The maximum atomic E-state index is 13.0. The molecule has 0 radical (unpaired) electrons. The van der Waals surface area contributed by atoms with Gasteiger partial charge < -0.3 is 9.64 Å². The van der Waals surface area contributed by atoms with Crippen molar-refractivity contribution in [1.82, 2.24) is 19.8 Å². The molecule has 2 aliphatic heterocycles. The Morgan fingerprint density at radius 1 is 1.23 bits per heavy atom. The fourth-order valence-corrected chi connectivity index (χ4v) is 3.91. The van der Waals surface area contributed by atoms with E-state index in [0.717, 1.165) is 37.4 Å². The Bertz CT molecular complexity index is 767. The number of piperidine rings is 1. The standard InChI is InChI=1S/C20H24N4O2/c1-15-3-2-4-17(22-15)13-23-10-7-19-18(14-23)24(11-12-26-19)20(25)16-5-8-21-9-6-16/h2-6,8-9,18-19H,7,10-14H2,1H3/t18-,19-/m1/s1. The molecule has 2 aliphatic rings. The SMILES string of the molecule is Cc1cccc(CN2CC[C@H]3OCCN(C(=O)c4ccncc4)[C@@H]3C2)n1. The van der Waals surface area contributed by atoms with Gasteiger partial charge in [0.15, 0.2) is 0 Å². The summed E-state index contributed by atoms with van der Waals surface area (Å²) in [6.45, 7) is 5.85. The van der Waals surface area contributed by atoms with Gasteiger partial charge in [-0.1, -0.05) is 6.07 Å². The zero-order valence-corrected chi connectivity index (χ0v) is 15.0. The van der Waals surface area contributed by atoms with Gasteiger partial charge in [0.25, 0.3) is 5.91 Å². The molecule has 4 rings (SSSR count). The number of nitrogens with zero attached hydrogens (tertiary/aromatic N) is 4.